The Morgan fingerprint density at radius 2 is 2.00 bits per heavy atom. The highest BCUT2D eigenvalue weighted by Gasteiger charge is 2.26. The van der Waals surface area contributed by atoms with Crippen molar-refractivity contribution >= 4 is 12.0 Å². The average molecular weight is 383 g/mol. The van der Waals surface area contributed by atoms with Gasteiger partial charge in [-0.1, -0.05) is 18.2 Å². The highest BCUT2D eigenvalue weighted by atomic mass is 16.5. The third kappa shape index (κ3) is 4.44. The fourth-order valence-corrected chi connectivity index (χ4v) is 3.88. The van der Waals surface area contributed by atoms with Gasteiger partial charge in [0.2, 0.25) is 5.91 Å². The van der Waals surface area contributed by atoms with Crippen molar-refractivity contribution < 1.29 is 9.53 Å². The minimum absolute atomic E-state index is 0.0956. The third-order valence-electron chi connectivity index (χ3n) is 5.52. The van der Waals surface area contributed by atoms with Crippen molar-refractivity contribution in [2.45, 2.75) is 32.7 Å². The number of aromatic nitrogens is 2. The number of carbonyl (C=O) groups is 1. The largest absolute Gasteiger partial charge is 0.496 e. The number of ether oxygens (including phenoxy) is 1. The van der Waals surface area contributed by atoms with E-state index in [2.05, 4.69) is 21.4 Å². The number of nitrogens with zero attached hydrogens (tertiary/aromatic N) is 3. The summed E-state index contributed by atoms with van der Waals surface area (Å²) in [6.45, 7) is 6.60. The lowest BCUT2D eigenvalue weighted by Gasteiger charge is -2.29. The van der Waals surface area contributed by atoms with Gasteiger partial charge in [0.1, 0.15) is 5.75 Å². The number of rotatable bonds is 7. The SMILES string of the molecule is COc1ccccc1C(CNC(=O)/C=C/c1c(C)nn(C)c1C)N1CCCC1. The van der Waals surface area contributed by atoms with E-state index in [0.717, 1.165) is 41.4 Å². The highest BCUT2D eigenvalue weighted by molar-refractivity contribution is 5.92. The summed E-state index contributed by atoms with van der Waals surface area (Å²) in [5, 5.41) is 7.46. The molecule has 28 heavy (non-hydrogen) atoms. The standard InChI is InChI=1S/C22H30N4O2/c1-16-18(17(2)25(3)24-16)11-12-22(27)23-15-20(26-13-7-8-14-26)19-9-5-6-10-21(19)28-4/h5-6,9-12,20H,7-8,13-15H2,1-4H3,(H,23,27)/b12-11+. The molecule has 2 aromatic rings. The molecule has 1 aromatic heterocycles. The number of nitrogens with one attached hydrogen (secondary N) is 1. The van der Waals surface area contributed by atoms with E-state index in [1.54, 1.807) is 13.2 Å². The van der Waals surface area contributed by atoms with E-state index in [-0.39, 0.29) is 11.9 Å². The molecule has 0 saturated carbocycles. The molecule has 1 saturated heterocycles. The summed E-state index contributed by atoms with van der Waals surface area (Å²) < 4.78 is 7.40. The van der Waals surface area contributed by atoms with Crippen molar-refractivity contribution in [3.05, 3.63) is 52.9 Å². The number of carbonyl (C=O) groups excluding carboxylic acids is 1. The predicted octanol–water partition coefficient (Wildman–Crippen LogP) is 3.01. The Bertz CT molecular complexity index is 850. The van der Waals surface area contributed by atoms with E-state index in [0.29, 0.717) is 6.54 Å². The Balaban J connectivity index is 1.71. The molecule has 0 bridgehead atoms. The first-order valence-corrected chi connectivity index (χ1v) is 9.84. The molecule has 2 heterocycles. The maximum Gasteiger partial charge on any atom is 0.244 e. The van der Waals surface area contributed by atoms with Crippen molar-refractivity contribution in [1.29, 1.82) is 0 Å². The van der Waals surface area contributed by atoms with Gasteiger partial charge in [0.15, 0.2) is 0 Å². The Morgan fingerprint density at radius 1 is 1.29 bits per heavy atom. The van der Waals surface area contributed by atoms with Crippen LogP contribution in [0.1, 0.15) is 41.4 Å². The molecule has 1 amide bonds. The van der Waals surface area contributed by atoms with Crippen LogP contribution < -0.4 is 10.1 Å². The van der Waals surface area contributed by atoms with Crippen molar-refractivity contribution in [3.63, 3.8) is 0 Å². The van der Waals surface area contributed by atoms with Crippen LogP contribution in [0.25, 0.3) is 6.08 Å². The second-order valence-electron chi connectivity index (χ2n) is 7.29. The summed E-state index contributed by atoms with van der Waals surface area (Å²) >= 11 is 0. The van der Waals surface area contributed by atoms with Gasteiger partial charge in [0.05, 0.1) is 18.8 Å². The molecule has 1 unspecified atom stereocenters. The molecule has 6 heteroatoms. The number of benzene rings is 1. The van der Waals surface area contributed by atoms with Crippen LogP contribution in [0.3, 0.4) is 0 Å². The molecule has 6 nitrogen and oxygen atoms in total. The fourth-order valence-electron chi connectivity index (χ4n) is 3.88. The van der Waals surface area contributed by atoms with Gasteiger partial charge < -0.3 is 10.1 Å². The fraction of sp³-hybridized carbons (Fsp3) is 0.455. The van der Waals surface area contributed by atoms with Crippen LogP contribution in [0.2, 0.25) is 0 Å². The number of para-hydroxylation sites is 1. The normalized spacial score (nSPS) is 15.9. The number of aryl methyl sites for hydroxylation is 2. The minimum atomic E-state index is -0.0956. The van der Waals surface area contributed by atoms with Crippen LogP contribution in [0.4, 0.5) is 0 Å². The van der Waals surface area contributed by atoms with Gasteiger partial charge in [-0.3, -0.25) is 14.4 Å². The van der Waals surface area contributed by atoms with Gasteiger partial charge in [0, 0.05) is 36.5 Å². The monoisotopic (exact) mass is 382 g/mol. The Morgan fingerprint density at radius 3 is 2.64 bits per heavy atom. The lowest BCUT2D eigenvalue weighted by molar-refractivity contribution is -0.116. The zero-order valence-corrected chi connectivity index (χ0v) is 17.2. The summed E-state index contributed by atoms with van der Waals surface area (Å²) in [7, 11) is 3.60. The molecular weight excluding hydrogens is 352 g/mol. The summed E-state index contributed by atoms with van der Waals surface area (Å²) in [5.41, 5.74) is 4.09. The average Bonchev–Trinajstić information content (AvgIpc) is 3.30. The summed E-state index contributed by atoms with van der Waals surface area (Å²) in [6.07, 6.45) is 5.83. The van der Waals surface area contributed by atoms with Crippen LogP contribution in [0.5, 0.6) is 5.75 Å². The molecule has 1 atom stereocenters. The van der Waals surface area contributed by atoms with Gasteiger partial charge in [-0.15, -0.1) is 0 Å². The zero-order valence-electron chi connectivity index (χ0n) is 17.2. The summed E-state index contributed by atoms with van der Waals surface area (Å²) in [5.74, 6) is 0.771. The van der Waals surface area contributed by atoms with E-state index in [1.165, 1.54) is 12.8 Å². The lowest BCUT2D eigenvalue weighted by Crippen LogP contribution is -2.36. The number of amides is 1. The summed E-state index contributed by atoms with van der Waals surface area (Å²) in [6, 6.07) is 8.18. The molecule has 3 rings (SSSR count). The topological polar surface area (TPSA) is 59.4 Å². The van der Waals surface area contributed by atoms with Crippen LogP contribution in [0, 0.1) is 13.8 Å². The first-order valence-electron chi connectivity index (χ1n) is 9.84. The van der Waals surface area contributed by atoms with Gasteiger partial charge in [0.25, 0.3) is 0 Å². The van der Waals surface area contributed by atoms with Gasteiger partial charge in [-0.25, -0.2) is 0 Å². The third-order valence-corrected chi connectivity index (χ3v) is 5.52. The van der Waals surface area contributed by atoms with Gasteiger partial charge in [-0.2, -0.15) is 5.10 Å². The molecule has 0 radical (unpaired) electrons. The Hall–Kier alpha value is -2.60. The van der Waals surface area contributed by atoms with Crippen molar-refractivity contribution in [1.82, 2.24) is 20.0 Å². The van der Waals surface area contributed by atoms with E-state index in [1.807, 2.05) is 49.9 Å². The van der Waals surface area contributed by atoms with Crippen LogP contribution in [0.15, 0.2) is 30.3 Å². The van der Waals surface area contributed by atoms with Crippen LogP contribution in [-0.4, -0.2) is 47.3 Å². The molecular formula is C22H30N4O2. The predicted molar refractivity (Wildman–Crippen MR) is 111 cm³/mol. The zero-order chi connectivity index (χ0) is 20.1. The molecule has 1 aliphatic heterocycles. The molecule has 150 valence electrons. The molecule has 0 aliphatic carbocycles. The van der Waals surface area contributed by atoms with Crippen molar-refractivity contribution in [3.8, 4) is 5.75 Å². The number of likely N-dealkylation sites (tertiary alicyclic amines) is 1. The minimum Gasteiger partial charge on any atom is -0.496 e. The van der Waals surface area contributed by atoms with E-state index in [4.69, 9.17) is 4.74 Å². The quantitative estimate of drug-likeness (QED) is 0.748. The molecule has 1 aliphatic rings. The summed E-state index contributed by atoms with van der Waals surface area (Å²) in [4.78, 5) is 14.9. The van der Waals surface area contributed by atoms with Gasteiger partial charge >= 0.3 is 0 Å². The Kier molecular flexibility index (Phi) is 6.52. The van der Waals surface area contributed by atoms with Crippen molar-refractivity contribution in [2.24, 2.45) is 7.05 Å². The van der Waals surface area contributed by atoms with E-state index < -0.39 is 0 Å². The van der Waals surface area contributed by atoms with E-state index in [9.17, 15) is 4.79 Å². The molecule has 1 fully saturated rings. The highest BCUT2D eigenvalue weighted by Crippen LogP contribution is 2.31. The number of hydrogen-bond acceptors (Lipinski definition) is 4. The van der Waals surface area contributed by atoms with E-state index >= 15 is 0 Å². The first kappa shape index (κ1) is 20.1. The number of hydrogen-bond donors (Lipinski definition) is 1. The first-order chi connectivity index (χ1) is 13.5. The second-order valence-corrected chi connectivity index (χ2v) is 7.29. The molecule has 0 spiro atoms. The lowest BCUT2D eigenvalue weighted by atomic mass is 10.0. The number of methoxy groups -OCH3 is 1. The van der Waals surface area contributed by atoms with Crippen molar-refractivity contribution in [2.75, 3.05) is 26.7 Å². The second kappa shape index (κ2) is 9.06. The van der Waals surface area contributed by atoms with Crippen LogP contribution >= 0.6 is 0 Å². The Labute approximate surface area is 167 Å². The smallest absolute Gasteiger partial charge is 0.244 e. The maximum absolute atomic E-state index is 12.5. The van der Waals surface area contributed by atoms with Crippen LogP contribution in [-0.2, 0) is 11.8 Å². The molecule has 1 aromatic carbocycles. The van der Waals surface area contributed by atoms with Gasteiger partial charge in [-0.05, 0) is 51.9 Å². The molecule has 1 N–H and O–H groups in total. The maximum atomic E-state index is 12.5.